The molecule has 0 bridgehead atoms. The highest BCUT2D eigenvalue weighted by Crippen LogP contribution is 2.15. The van der Waals surface area contributed by atoms with Gasteiger partial charge in [0.25, 0.3) is 5.91 Å². The van der Waals surface area contributed by atoms with Crippen molar-refractivity contribution in [1.29, 1.82) is 0 Å². The van der Waals surface area contributed by atoms with Gasteiger partial charge in [-0.3, -0.25) is 14.8 Å². The maximum atomic E-state index is 13.2. The van der Waals surface area contributed by atoms with Gasteiger partial charge in [0.15, 0.2) is 11.6 Å². The van der Waals surface area contributed by atoms with Crippen molar-refractivity contribution in [2.45, 2.75) is 6.54 Å². The molecule has 0 aliphatic heterocycles. The lowest BCUT2D eigenvalue weighted by Gasteiger charge is -2.09. The van der Waals surface area contributed by atoms with Crippen molar-refractivity contribution < 1.29 is 13.6 Å². The van der Waals surface area contributed by atoms with Gasteiger partial charge >= 0.3 is 0 Å². The Hall–Kier alpha value is -3.35. The van der Waals surface area contributed by atoms with Crippen LogP contribution in [0.3, 0.4) is 0 Å². The summed E-state index contributed by atoms with van der Waals surface area (Å²) in [7, 11) is 0. The lowest BCUT2D eigenvalue weighted by molar-refractivity contribution is 0.102. The number of hydrogen-bond acceptors (Lipinski definition) is 4. The first-order valence-electron chi connectivity index (χ1n) is 7.47. The maximum absolute atomic E-state index is 13.2. The fraction of sp³-hybridized carbons (Fsp3) is 0.0556. The van der Waals surface area contributed by atoms with E-state index >= 15 is 0 Å². The van der Waals surface area contributed by atoms with Gasteiger partial charge in [-0.05, 0) is 35.9 Å². The number of aromatic nitrogens is 2. The highest BCUT2D eigenvalue weighted by Gasteiger charge is 2.10. The molecule has 25 heavy (non-hydrogen) atoms. The molecule has 0 fully saturated rings. The molecule has 126 valence electrons. The van der Waals surface area contributed by atoms with Crippen molar-refractivity contribution >= 4 is 17.3 Å². The minimum Gasteiger partial charge on any atom is -0.381 e. The molecule has 0 unspecified atom stereocenters. The van der Waals surface area contributed by atoms with Crippen molar-refractivity contribution in [2.24, 2.45) is 0 Å². The second-order valence-electron chi connectivity index (χ2n) is 5.23. The summed E-state index contributed by atoms with van der Waals surface area (Å²) < 4.78 is 26.1. The number of nitrogens with zero attached hydrogens (tertiary/aromatic N) is 2. The third-order valence-electron chi connectivity index (χ3n) is 3.39. The number of carbonyl (C=O) groups excluding carboxylic acids is 1. The van der Waals surface area contributed by atoms with Crippen molar-refractivity contribution in [1.82, 2.24) is 9.97 Å². The third-order valence-corrected chi connectivity index (χ3v) is 3.39. The highest BCUT2D eigenvalue weighted by molar-refractivity contribution is 6.03. The molecular formula is C18H14F2N4O. The van der Waals surface area contributed by atoms with Gasteiger partial charge in [0.2, 0.25) is 0 Å². The molecule has 0 saturated heterocycles. The minimum absolute atomic E-state index is 0.152. The molecule has 2 N–H and O–H groups in total. The van der Waals surface area contributed by atoms with Crippen molar-refractivity contribution in [2.75, 3.05) is 10.6 Å². The SMILES string of the molecule is O=C(Nc1ccc(F)c(F)c1)c1cc(NCc2cccnc2)ccn1. The summed E-state index contributed by atoms with van der Waals surface area (Å²) in [6, 6.07) is 10.2. The lowest BCUT2D eigenvalue weighted by atomic mass is 10.2. The van der Waals surface area contributed by atoms with Crippen molar-refractivity contribution in [3.05, 3.63) is 83.9 Å². The van der Waals surface area contributed by atoms with Gasteiger partial charge in [-0.15, -0.1) is 0 Å². The van der Waals surface area contributed by atoms with E-state index in [-0.39, 0.29) is 11.4 Å². The van der Waals surface area contributed by atoms with Crippen LogP contribution in [0.15, 0.2) is 61.1 Å². The lowest BCUT2D eigenvalue weighted by Crippen LogP contribution is -2.14. The van der Waals surface area contributed by atoms with Crippen LogP contribution in [0.25, 0.3) is 0 Å². The largest absolute Gasteiger partial charge is 0.381 e. The fourth-order valence-electron chi connectivity index (χ4n) is 2.14. The summed E-state index contributed by atoms with van der Waals surface area (Å²) in [6.07, 6.45) is 4.92. The number of pyridine rings is 2. The molecule has 2 aromatic heterocycles. The molecule has 1 amide bonds. The molecule has 0 spiro atoms. The van der Waals surface area contributed by atoms with Gasteiger partial charge in [0, 0.05) is 42.6 Å². The van der Waals surface area contributed by atoms with Gasteiger partial charge in [0.1, 0.15) is 5.69 Å². The number of amides is 1. The molecule has 0 saturated carbocycles. The van der Waals surface area contributed by atoms with Crippen LogP contribution in [-0.4, -0.2) is 15.9 Å². The quantitative estimate of drug-likeness (QED) is 0.744. The smallest absolute Gasteiger partial charge is 0.274 e. The number of anilines is 2. The van der Waals surface area contributed by atoms with E-state index in [0.29, 0.717) is 12.2 Å². The number of halogens is 2. The van der Waals surface area contributed by atoms with E-state index in [0.717, 1.165) is 17.7 Å². The molecule has 0 aliphatic carbocycles. The minimum atomic E-state index is -1.03. The predicted octanol–water partition coefficient (Wildman–Crippen LogP) is 3.62. The third kappa shape index (κ3) is 4.35. The number of rotatable bonds is 5. The van der Waals surface area contributed by atoms with Crippen LogP contribution in [0.2, 0.25) is 0 Å². The summed E-state index contributed by atoms with van der Waals surface area (Å²) in [5.74, 6) is -2.52. The van der Waals surface area contributed by atoms with E-state index in [2.05, 4.69) is 20.6 Å². The van der Waals surface area contributed by atoms with Crippen LogP contribution in [0.1, 0.15) is 16.1 Å². The van der Waals surface area contributed by atoms with Gasteiger partial charge in [-0.1, -0.05) is 6.07 Å². The monoisotopic (exact) mass is 340 g/mol. The first-order valence-corrected chi connectivity index (χ1v) is 7.47. The Balaban J connectivity index is 1.67. The van der Waals surface area contributed by atoms with E-state index < -0.39 is 17.5 Å². The van der Waals surface area contributed by atoms with Gasteiger partial charge < -0.3 is 10.6 Å². The average molecular weight is 340 g/mol. The zero-order valence-electron chi connectivity index (χ0n) is 13.0. The molecule has 3 rings (SSSR count). The Kier molecular flexibility index (Phi) is 4.94. The van der Waals surface area contributed by atoms with Crippen LogP contribution in [-0.2, 0) is 6.54 Å². The van der Waals surface area contributed by atoms with E-state index in [1.165, 1.54) is 12.3 Å². The zero-order chi connectivity index (χ0) is 17.6. The van der Waals surface area contributed by atoms with Crippen LogP contribution >= 0.6 is 0 Å². The second-order valence-corrected chi connectivity index (χ2v) is 5.23. The summed E-state index contributed by atoms with van der Waals surface area (Å²) in [4.78, 5) is 20.2. The first kappa shape index (κ1) is 16.5. The van der Waals surface area contributed by atoms with Crippen LogP contribution in [0.4, 0.5) is 20.2 Å². The Labute approximate surface area is 142 Å². The van der Waals surface area contributed by atoms with Crippen LogP contribution in [0.5, 0.6) is 0 Å². The highest BCUT2D eigenvalue weighted by atomic mass is 19.2. The average Bonchev–Trinajstić information content (AvgIpc) is 2.64. The molecule has 7 heteroatoms. The number of benzene rings is 1. The van der Waals surface area contributed by atoms with Crippen molar-refractivity contribution in [3.63, 3.8) is 0 Å². The molecule has 0 aliphatic rings. The van der Waals surface area contributed by atoms with Gasteiger partial charge in [-0.2, -0.15) is 0 Å². The topological polar surface area (TPSA) is 66.9 Å². The summed E-state index contributed by atoms with van der Waals surface area (Å²) >= 11 is 0. The normalized spacial score (nSPS) is 10.3. The zero-order valence-corrected chi connectivity index (χ0v) is 13.0. The fourth-order valence-corrected chi connectivity index (χ4v) is 2.14. The summed E-state index contributed by atoms with van der Waals surface area (Å²) in [5.41, 5.74) is 2.00. The molecule has 5 nitrogen and oxygen atoms in total. The standard InChI is InChI=1S/C18H14F2N4O/c19-15-4-3-14(8-16(15)20)24-18(25)17-9-13(5-7-22-17)23-11-12-2-1-6-21-10-12/h1-10H,11H2,(H,22,23)(H,24,25). The first-order chi connectivity index (χ1) is 12.1. The number of carbonyl (C=O) groups is 1. The predicted molar refractivity (Wildman–Crippen MR) is 90.1 cm³/mol. The summed E-state index contributed by atoms with van der Waals surface area (Å²) in [6.45, 7) is 0.544. The Morgan fingerprint density at radius 1 is 1.00 bits per heavy atom. The number of hydrogen-bond donors (Lipinski definition) is 2. The van der Waals surface area contributed by atoms with E-state index in [4.69, 9.17) is 0 Å². The Morgan fingerprint density at radius 3 is 2.64 bits per heavy atom. The maximum Gasteiger partial charge on any atom is 0.274 e. The number of nitrogens with one attached hydrogen (secondary N) is 2. The Bertz CT molecular complexity index is 887. The molecule has 0 atom stereocenters. The Morgan fingerprint density at radius 2 is 1.88 bits per heavy atom. The van der Waals surface area contributed by atoms with E-state index in [1.807, 2.05) is 12.1 Å². The molecular weight excluding hydrogens is 326 g/mol. The molecule has 1 aromatic carbocycles. The second kappa shape index (κ2) is 7.48. The summed E-state index contributed by atoms with van der Waals surface area (Å²) in [5, 5.41) is 5.65. The van der Waals surface area contributed by atoms with Gasteiger partial charge in [-0.25, -0.2) is 8.78 Å². The van der Waals surface area contributed by atoms with Gasteiger partial charge in [0.05, 0.1) is 0 Å². The van der Waals surface area contributed by atoms with Crippen LogP contribution < -0.4 is 10.6 Å². The van der Waals surface area contributed by atoms with Crippen molar-refractivity contribution in [3.8, 4) is 0 Å². The van der Waals surface area contributed by atoms with Crippen LogP contribution in [0, 0.1) is 11.6 Å². The van der Waals surface area contributed by atoms with E-state index in [1.54, 1.807) is 24.5 Å². The molecule has 3 aromatic rings. The molecule has 0 radical (unpaired) electrons. The van der Waals surface area contributed by atoms with E-state index in [9.17, 15) is 13.6 Å². The molecule has 2 heterocycles.